The highest BCUT2D eigenvalue weighted by atomic mass is 79.9. The lowest BCUT2D eigenvalue weighted by Gasteiger charge is -2.25. The number of rotatable bonds is 8. The molecule has 0 aliphatic carbocycles. The summed E-state index contributed by atoms with van der Waals surface area (Å²) in [6, 6.07) is 18.3. The molecule has 0 radical (unpaired) electrons. The predicted octanol–water partition coefficient (Wildman–Crippen LogP) is 5.94. The summed E-state index contributed by atoms with van der Waals surface area (Å²) in [5, 5.41) is 0. The van der Waals surface area contributed by atoms with Crippen LogP contribution in [-0.4, -0.2) is 25.3 Å². The Hall–Kier alpha value is -2.48. The second-order valence-corrected chi connectivity index (χ2v) is 10.8. The Balaban J connectivity index is 1.99. The number of hydrogen-bond donors (Lipinski definition) is 0. The maximum absolute atomic E-state index is 13.9. The average molecular weight is 530 g/mol. The zero-order chi connectivity index (χ0) is 24.2. The van der Waals surface area contributed by atoms with E-state index in [1.165, 1.54) is 4.31 Å². The van der Waals surface area contributed by atoms with Gasteiger partial charge in [-0.25, -0.2) is 13.2 Å². The molecule has 0 saturated carbocycles. The van der Waals surface area contributed by atoms with Crippen LogP contribution < -0.4 is 0 Å². The van der Waals surface area contributed by atoms with Crippen molar-refractivity contribution in [3.05, 3.63) is 98.5 Å². The van der Waals surface area contributed by atoms with E-state index >= 15 is 0 Å². The second-order valence-electron chi connectivity index (χ2n) is 8.04. The molecule has 0 saturated heterocycles. The molecule has 7 heteroatoms. The molecule has 0 unspecified atom stereocenters. The number of carbonyl (C=O) groups excluding carboxylic acids is 1. The van der Waals surface area contributed by atoms with E-state index in [0.717, 1.165) is 32.3 Å². The van der Waals surface area contributed by atoms with Crippen LogP contribution in [0.3, 0.4) is 0 Å². The molecule has 3 rings (SSSR count). The topological polar surface area (TPSA) is 63.7 Å². The molecule has 3 aromatic carbocycles. The Bertz CT molecular complexity index is 1210. The van der Waals surface area contributed by atoms with Gasteiger partial charge in [-0.3, -0.25) is 0 Å². The second kappa shape index (κ2) is 10.6. The third-order valence-electron chi connectivity index (χ3n) is 5.30. The molecule has 0 bridgehead atoms. The highest BCUT2D eigenvalue weighted by molar-refractivity contribution is 9.10. The van der Waals surface area contributed by atoms with E-state index in [-0.39, 0.29) is 13.1 Å². The standard InChI is InChI=1S/C26H28BrNO4S/c1-5-32-26(29)23-10-6-21(7-11-23)16-28(17-22-8-12-24(27)13-9-22)33(30,31)25-19(3)14-18(2)15-20(25)4/h6-15H,5,16-17H2,1-4H3. The van der Waals surface area contributed by atoms with Gasteiger partial charge in [0.05, 0.1) is 17.1 Å². The molecule has 0 spiro atoms. The van der Waals surface area contributed by atoms with Crippen LogP contribution in [0.2, 0.25) is 0 Å². The highest BCUT2D eigenvalue weighted by Crippen LogP contribution is 2.28. The van der Waals surface area contributed by atoms with Crippen LogP contribution in [0.4, 0.5) is 0 Å². The van der Waals surface area contributed by atoms with Crippen LogP contribution in [-0.2, 0) is 27.8 Å². The van der Waals surface area contributed by atoms with Gasteiger partial charge in [0.15, 0.2) is 0 Å². The fraction of sp³-hybridized carbons (Fsp3) is 0.269. The van der Waals surface area contributed by atoms with Crippen molar-refractivity contribution in [3.63, 3.8) is 0 Å². The van der Waals surface area contributed by atoms with Gasteiger partial charge in [-0.1, -0.05) is 57.9 Å². The molecular weight excluding hydrogens is 502 g/mol. The SMILES string of the molecule is CCOC(=O)c1ccc(CN(Cc2ccc(Br)cc2)S(=O)(=O)c2c(C)cc(C)cc2C)cc1. The van der Waals surface area contributed by atoms with E-state index in [9.17, 15) is 13.2 Å². The lowest BCUT2D eigenvalue weighted by Crippen LogP contribution is -2.31. The molecule has 5 nitrogen and oxygen atoms in total. The molecule has 0 heterocycles. The van der Waals surface area contributed by atoms with Crippen LogP contribution >= 0.6 is 15.9 Å². The lowest BCUT2D eigenvalue weighted by atomic mass is 10.1. The van der Waals surface area contributed by atoms with Gasteiger partial charge in [-0.15, -0.1) is 0 Å². The Labute approximate surface area is 204 Å². The summed E-state index contributed by atoms with van der Waals surface area (Å²) in [7, 11) is -3.79. The summed E-state index contributed by atoms with van der Waals surface area (Å²) in [6.07, 6.45) is 0. The lowest BCUT2D eigenvalue weighted by molar-refractivity contribution is 0.0526. The Morgan fingerprint density at radius 3 is 1.85 bits per heavy atom. The third-order valence-corrected chi connectivity index (χ3v) is 7.93. The van der Waals surface area contributed by atoms with Crippen molar-refractivity contribution in [1.29, 1.82) is 0 Å². The van der Waals surface area contributed by atoms with Crippen molar-refractivity contribution < 1.29 is 17.9 Å². The fourth-order valence-electron chi connectivity index (χ4n) is 3.89. The van der Waals surface area contributed by atoms with Gasteiger partial charge in [0, 0.05) is 17.6 Å². The van der Waals surface area contributed by atoms with E-state index in [2.05, 4.69) is 15.9 Å². The number of aryl methyl sites for hydroxylation is 3. The molecule has 3 aromatic rings. The van der Waals surface area contributed by atoms with E-state index < -0.39 is 16.0 Å². The number of ether oxygens (including phenoxy) is 1. The number of benzene rings is 3. The summed E-state index contributed by atoms with van der Waals surface area (Å²) in [4.78, 5) is 12.3. The van der Waals surface area contributed by atoms with Gasteiger partial charge in [-0.05, 0) is 74.2 Å². The molecule has 0 atom stereocenters. The molecule has 0 N–H and O–H groups in total. The van der Waals surface area contributed by atoms with E-state index in [0.29, 0.717) is 17.1 Å². The van der Waals surface area contributed by atoms with Crippen LogP contribution in [0, 0.1) is 20.8 Å². The highest BCUT2D eigenvalue weighted by Gasteiger charge is 2.28. The third kappa shape index (κ3) is 6.10. The number of nitrogens with zero attached hydrogens (tertiary/aromatic N) is 1. The fourth-order valence-corrected chi connectivity index (χ4v) is 5.98. The first kappa shape index (κ1) is 25.1. The zero-order valence-electron chi connectivity index (χ0n) is 19.3. The average Bonchev–Trinajstić information content (AvgIpc) is 2.74. The zero-order valence-corrected chi connectivity index (χ0v) is 21.7. The van der Waals surface area contributed by atoms with Crippen molar-refractivity contribution in [2.45, 2.75) is 45.7 Å². The molecule has 0 fully saturated rings. The van der Waals surface area contributed by atoms with Crippen LogP contribution in [0.25, 0.3) is 0 Å². The Morgan fingerprint density at radius 2 is 1.36 bits per heavy atom. The summed E-state index contributed by atoms with van der Waals surface area (Å²) >= 11 is 3.43. The van der Waals surface area contributed by atoms with E-state index in [1.54, 1.807) is 31.2 Å². The van der Waals surface area contributed by atoms with Gasteiger partial charge >= 0.3 is 5.97 Å². The van der Waals surface area contributed by atoms with Gasteiger partial charge in [0.25, 0.3) is 0 Å². The largest absolute Gasteiger partial charge is 0.462 e. The Kier molecular flexibility index (Phi) is 8.10. The molecule has 0 aliphatic heterocycles. The van der Waals surface area contributed by atoms with Crippen molar-refractivity contribution in [2.24, 2.45) is 0 Å². The number of hydrogen-bond acceptors (Lipinski definition) is 4. The quantitative estimate of drug-likeness (QED) is 0.338. The number of halogens is 1. The van der Waals surface area contributed by atoms with Gasteiger partial charge in [0.2, 0.25) is 10.0 Å². The molecule has 33 heavy (non-hydrogen) atoms. The van der Waals surface area contributed by atoms with Gasteiger partial charge in [0.1, 0.15) is 0 Å². The monoisotopic (exact) mass is 529 g/mol. The van der Waals surface area contributed by atoms with Gasteiger partial charge in [-0.2, -0.15) is 4.31 Å². The summed E-state index contributed by atoms with van der Waals surface area (Å²) < 4.78 is 35.2. The number of sulfonamides is 1. The minimum absolute atomic E-state index is 0.175. The van der Waals surface area contributed by atoms with Crippen molar-refractivity contribution in [1.82, 2.24) is 4.31 Å². The Morgan fingerprint density at radius 1 is 0.879 bits per heavy atom. The number of carbonyl (C=O) groups is 1. The predicted molar refractivity (Wildman–Crippen MR) is 134 cm³/mol. The molecule has 0 aromatic heterocycles. The van der Waals surface area contributed by atoms with E-state index in [1.807, 2.05) is 57.2 Å². The van der Waals surface area contributed by atoms with E-state index in [4.69, 9.17) is 4.74 Å². The van der Waals surface area contributed by atoms with Crippen LogP contribution in [0.5, 0.6) is 0 Å². The molecule has 0 amide bonds. The maximum atomic E-state index is 13.9. The van der Waals surface area contributed by atoms with Crippen molar-refractivity contribution in [3.8, 4) is 0 Å². The van der Waals surface area contributed by atoms with Crippen LogP contribution in [0.15, 0.2) is 70.0 Å². The first-order valence-electron chi connectivity index (χ1n) is 10.7. The van der Waals surface area contributed by atoms with Crippen molar-refractivity contribution >= 4 is 31.9 Å². The van der Waals surface area contributed by atoms with Gasteiger partial charge < -0.3 is 4.74 Å². The first-order valence-corrected chi connectivity index (χ1v) is 12.9. The smallest absolute Gasteiger partial charge is 0.338 e. The molecular formula is C26H28BrNO4S. The number of esters is 1. The normalized spacial score (nSPS) is 11.6. The minimum Gasteiger partial charge on any atom is -0.462 e. The summed E-state index contributed by atoms with van der Waals surface area (Å²) in [5.74, 6) is -0.394. The first-order chi connectivity index (χ1) is 15.6. The summed E-state index contributed by atoms with van der Waals surface area (Å²) in [6.45, 7) is 8.08. The molecule has 0 aliphatic rings. The minimum atomic E-state index is -3.79. The molecule has 174 valence electrons. The van der Waals surface area contributed by atoms with Crippen LogP contribution in [0.1, 0.15) is 45.1 Å². The summed E-state index contributed by atoms with van der Waals surface area (Å²) in [5.41, 5.74) is 4.58. The van der Waals surface area contributed by atoms with Crippen molar-refractivity contribution in [2.75, 3.05) is 6.61 Å². The maximum Gasteiger partial charge on any atom is 0.338 e.